The van der Waals surface area contributed by atoms with Crippen molar-refractivity contribution in [1.29, 1.82) is 0 Å². The van der Waals surface area contributed by atoms with Crippen molar-refractivity contribution < 1.29 is 9.59 Å². The second-order valence-electron chi connectivity index (χ2n) is 5.58. The van der Waals surface area contributed by atoms with Gasteiger partial charge in [0.1, 0.15) is 0 Å². The van der Waals surface area contributed by atoms with E-state index in [0.717, 1.165) is 18.4 Å². The first-order chi connectivity index (χ1) is 11.6. The summed E-state index contributed by atoms with van der Waals surface area (Å²) in [4.78, 5) is 24.0. The second-order valence-corrected chi connectivity index (χ2v) is 5.58. The number of nitrogens with one attached hydrogen (secondary N) is 2. The third-order valence-electron chi connectivity index (χ3n) is 3.69. The number of anilines is 1. The van der Waals surface area contributed by atoms with Crippen LogP contribution in [0.15, 0.2) is 48.5 Å². The number of nitrogens with two attached hydrogens (primary N) is 1. The first-order valence-corrected chi connectivity index (χ1v) is 8.11. The van der Waals surface area contributed by atoms with E-state index in [1.807, 2.05) is 12.1 Å². The van der Waals surface area contributed by atoms with Gasteiger partial charge in [-0.25, -0.2) is 0 Å². The predicted octanol–water partition coefficient (Wildman–Crippen LogP) is 3.15. The molecular formula is C19H24ClN3O2. The molecule has 0 aliphatic rings. The number of nitrogen functional groups attached to an aromatic ring is 1. The van der Waals surface area contributed by atoms with Gasteiger partial charge in [0.25, 0.3) is 11.8 Å². The van der Waals surface area contributed by atoms with E-state index in [0.29, 0.717) is 29.9 Å². The number of carbonyl (C=O) groups is 2. The highest BCUT2D eigenvalue weighted by molar-refractivity contribution is 5.99. The van der Waals surface area contributed by atoms with Crippen LogP contribution in [-0.2, 0) is 6.54 Å². The Hall–Kier alpha value is -2.53. The summed E-state index contributed by atoms with van der Waals surface area (Å²) in [5, 5.41) is 5.70. The summed E-state index contributed by atoms with van der Waals surface area (Å²) in [6.07, 6.45) is 2.02. The van der Waals surface area contributed by atoms with Gasteiger partial charge >= 0.3 is 0 Å². The minimum Gasteiger partial charge on any atom is -0.398 e. The number of rotatable bonds is 7. The topological polar surface area (TPSA) is 84.2 Å². The van der Waals surface area contributed by atoms with Crippen LogP contribution in [0.2, 0.25) is 0 Å². The molecule has 134 valence electrons. The monoisotopic (exact) mass is 361 g/mol. The molecule has 0 unspecified atom stereocenters. The Morgan fingerprint density at radius 1 is 0.960 bits per heavy atom. The molecule has 5 nitrogen and oxygen atoms in total. The highest BCUT2D eigenvalue weighted by Crippen LogP contribution is 2.11. The van der Waals surface area contributed by atoms with E-state index in [1.165, 1.54) is 0 Å². The minimum absolute atomic E-state index is 0. The number of unbranched alkanes of at least 4 members (excludes halogenated alkanes) is 1. The zero-order chi connectivity index (χ0) is 17.4. The Morgan fingerprint density at radius 2 is 1.64 bits per heavy atom. The standard InChI is InChI=1S/C19H23N3O2.ClH/c1-2-3-12-21-18(23)15-10-8-14(9-11-15)13-22-19(24)16-6-4-5-7-17(16)20;/h4-11H,2-3,12-13,20H2,1H3,(H,21,23)(H,22,24);1H. The number of hydrogen-bond acceptors (Lipinski definition) is 3. The summed E-state index contributed by atoms with van der Waals surface area (Å²) in [5.41, 5.74) is 8.24. The van der Waals surface area contributed by atoms with Crippen LogP contribution in [0.25, 0.3) is 0 Å². The molecule has 2 amide bonds. The zero-order valence-corrected chi connectivity index (χ0v) is 15.1. The normalized spacial score (nSPS) is 9.80. The number of hydrogen-bond donors (Lipinski definition) is 3. The highest BCUT2D eigenvalue weighted by atomic mass is 35.5. The van der Waals surface area contributed by atoms with Gasteiger partial charge in [-0.3, -0.25) is 9.59 Å². The van der Waals surface area contributed by atoms with E-state index >= 15 is 0 Å². The van der Waals surface area contributed by atoms with Crippen LogP contribution >= 0.6 is 12.4 Å². The van der Waals surface area contributed by atoms with Crippen LogP contribution in [-0.4, -0.2) is 18.4 Å². The molecule has 6 heteroatoms. The number of amides is 2. The molecule has 0 heterocycles. The average molecular weight is 362 g/mol. The van der Waals surface area contributed by atoms with Gasteiger partial charge in [0.15, 0.2) is 0 Å². The van der Waals surface area contributed by atoms with Gasteiger partial charge in [-0.15, -0.1) is 12.4 Å². The van der Waals surface area contributed by atoms with E-state index in [4.69, 9.17) is 5.73 Å². The third kappa shape index (κ3) is 6.12. The quantitative estimate of drug-likeness (QED) is 0.523. The molecule has 0 aromatic heterocycles. The Balaban J connectivity index is 0.00000312. The molecule has 0 spiro atoms. The molecule has 4 N–H and O–H groups in total. The van der Waals surface area contributed by atoms with Crippen LogP contribution in [0.4, 0.5) is 5.69 Å². The number of carbonyl (C=O) groups excluding carboxylic acids is 2. The molecular weight excluding hydrogens is 338 g/mol. The lowest BCUT2D eigenvalue weighted by molar-refractivity contribution is 0.0943. The van der Waals surface area contributed by atoms with Crippen LogP contribution in [0, 0.1) is 0 Å². The molecule has 2 aromatic carbocycles. The van der Waals surface area contributed by atoms with Crippen molar-refractivity contribution in [1.82, 2.24) is 10.6 Å². The van der Waals surface area contributed by atoms with Gasteiger partial charge < -0.3 is 16.4 Å². The summed E-state index contributed by atoms with van der Waals surface area (Å²) in [6.45, 7) is 3.15. The van der Waals surface area contributed by atoms with Gasteiger partial charge in [-0.1, -0.05) is 37.6 Å². The van der Waals surface area contributed by atoms with E-state index in [1.54, 1.807) is 36.4 Å². The van der Waals surface area contributed by atoms with Gasteiger partial charge in [0.2, 0.25) is 0 Å². The molecule has 0 aliphatic heterocycles. The van der Waals surface area contributed by atoms with Crippen LogP contribution < -0.4 is 16.4 Å². The molecule has 0 atom stereocenters. The second kappa shape index (κ2) is 10.4. The van der Waals surface area contributed by atoms with Crippen LogP contribution in [0.1, 0.15) is 46.0 Å². The van der Waals surface area contributed by atoms with Gasteiger partial charge in [-0.2, -0.15) is 0 Å². The Morgan fingerprint density at radius 3 is 2.28 bits per heavy atom. The maximum Gasteiger partial charge on any atom is 0.253 e. The van der Waals surface area contributed by atoms with Crippen molar-refractivity contribution in [3.63, 3.8) is 0 Å². The maximum absolute atomic E-state index is 12.1. The maximum atomic E-state index is 12.1. The fourth-order valence-corrected chi connectivity index (χ4v) is 2.24. The average Bonchev–Trinajstić information content (AvgIpc) is 2.60. The van der Waals surface area contributed by atoms with Crippen LogP contribution in [0.5, 0.6) is 0 Å². The van der Waals surface area contributed by atoms with Crippen LogP contribution in [0.3, 0.4) is 0 Å². The third-order valence-corrected chi connectivity index (χ3v) is 3.69. The smallest absolute Gasteiger partial charge is 0.253 e. The number of para-hydroxylation sites is 1. The van der Waals surface area contributed by atoms with Gasteiger partial charge in [-0.05, 0) is 36.2 Å². The summed E-state index contributed by atoms with van der Waals surface area (Å²) in [5.74, 6) is -0.287. The lowest BCUT2D eigenvalue weighted by Crippen LogP contribution is -2.25. The van der Waals surface area contributed by atoms with Crippen molar-refractivity contribution in [3.05, 3.63) is 65.2 Å². The van der Waals surface area contributed by atoms with Crippen molar-refractivity contribution >= 4 is 29.9 Å². The zero-order valence-electron chi connectivity index (χ0n) is 14.2. The number of halogens is 1. The van der Waals surface area contributed by atoms with Crippen molar-refractivity contribution in [2.75, 3.05) is 12.3 Å². The molecule has 2 rings (SSSR count). The summed E-state index contributed by atoms with van der Waals surface area (Å²) >= 11 is 0. The molecule has 0 bridgehead atoms. The van der Waals surface area contributed by atoms with E-state index in [2.05, 4.69) is 17.6 Å². The first-order valence-electron chi connectivity index (χ1n) is 8.11. The lowest BCUT2D eigenvalue weighted by atomic mass is 10.1. The summed E-state index contributed by atoms with van der Waals surface area (Å²) in [7, 11) is 0. The minimum atomic E-state index is -0.213. The van der Waals surface area contributed by atoms with E-state index < -0.39 is 0 Å². The lowest BCUT2D eigenvalue weighted by Gasteiger charge is -2.08. The predicted molar refractivity (Wildman–Crippen MR) is 103 cm³/mol. The fraction of sp³-hybridized carbons (Fsp3) is 0.263. The highest BCUT2D eigenvalue weighted by Gasteiger charge is 2.09. The number of benzene rings is 2. The Bertz CT molecular complexity index is 702. The SMILES string of the molecule is CCCCNC(=O)c1ccc(CNC(=O)c2ccccc2N)cc1.Cl. The molecule has 2 aromatic rings. The van der Waals surface area contributed by atoms with E-state index in [-0.39, 0.29) is 24.2 Å². The molecule has 25 heavy (non-hydrogen) atoms. The summed E-state index contributed by atoms with van der Waals surface area (Å²) in [6, 6.07) is 14.1. The molecule has 0 radical (unpaired) electrons. The Labute approximate surface area is 154 Å². The largest absolute Gasteiger partial charge is 0.398 e. The summed E-state index contributed by atoms with van der Waals surface area (Å²) < 4.78 is 0. The first kappa shape index (κ1) is 20.5. The van der Waals surface area contributed by atoms with Gasteiger partial charge in [0, 0.05) is 24.3 Å². The Kier molecular flexibility index (Phi) is 8.50. The van der Waals surface area contributed by atoms with Gasteiger partial charge in [0.05, 0.1) is 5.56 Å². The molecule has 0 aliphatic carbocycles. The molecule has 0 saturated heterocycles. The van der Waals surface area contributed by atoms with E-state index in [9.17, 15) is 9.59 Å². The fourth-order valence-electron chi connectivity index (χ4n) is 2.24. The van der Waals surface area contributed by atoms with Crippen molar-refractivity contribution in [2.24, 2.45) is 0 Å². The van der Waals surface area contributed by atoms with Crippen molar-refractivity contribution in [2.45, 2.75) is 26.3 Å². The van der Waals surface area contributed by atoms with Crippen molar-refractivity contribution in [3.8, 4) is 0 Å². The molecule has 0 saturated carbocycles. The molecule has 0 fully saturated rings.